The van der Waals surface area contributed by atoms with Gasteiger partial charge in [-0.25, -0.2) is 14.6 Å². The maximum atomic E-state index is 9.91. The number of nitrogens with zero attached hydrogens (tertiary/aromatic N) is 4. The fraction of sp³-hybridized carbons (Fsp3) is 0.375. The molecule has 0 aliphatic carbocycles. The standard InChI is InChI=1S/C8H10N4OS/c1-2-12-7(10-5-11-12)6(13)8-9-3-4-14-8/h3-6,13H,2H2,1H3. The van der Waals surface area contributed by atoms with Gasteiger partial charge in [-0.3, -0.25) is 0 Å². The summed E-state index contributed by atoms with van der Waals surface area (Å²) in [5.41, 5.74) is 0. The third kappa shape index (κ3) is 1.53. The van der Waals surface area contributed by atoms with E-state index in [0.717, 1.165) is 0 Å². The van der Waals surface area contributed by atoms with Crippen LogP contribution in [0.1, 0.15) is 23.9 Å². The number of aromatic nitrogens is 4. The fourth-order valence-corrected chi connectivity index (χ4v) is 1.83. The summed E-state index contributed by atoms with van der Waals surface area (Å²) in [5, 5.41) is 16.4. The number of thiazole rings is 1. The van der Waals surface area contributed by atoms with Crippen LogP contribution in [-0.4, -0.2) is 24.9 Å². The Morgan fingerprint density at radius 1 is 1.57 bits per heavy atom. The lowest BCUT2D eigenvalue weighted by atomic mass is 10.3. The van der Waals surface area contributed by atoms with Crippen molar-refractivity contribution in [1.29, 1.82) is 0 Å². The maximum absolute atomic E-state index is 9.91. The van der Waals surface area contributed by atoms with E-state index in [2.05, 4.69) is 15.1 Å². The topological polar surface area (TPSA) is 63.8 Å². The predicted octanol–water partition coefficient (Wildman–Crippen LogP) is 0.836. The minimum atomic E-state index is -0.766. The molecule has 0 aliphatic heterocycles. The molecule has 1 unspecified atom stereocenters. The molecule has 2 rings (SSSR count). The number of aryl methyl sites for hydroxylation is 1. The van der Waals surface area contributed by atoms with Crippen molar-refractivity contribution in [1.82, 2.24) is 19.7 Å². The predicted molar refractivity (Wildman–Crippen MR) is 51.9 cm³/mol. The molecule has 0 bridgehead atoms. The highest BCUT2D eigenvalue weighted by atomic mass is 32.1. The van der Waals surface area contributed by atoms with E-state index >= 15 is 0 Å². The third-order valence-corrected chi connectivity index (χ3v) is 2.70. The van der Waals surface area contributed by atoms with Gasteiger partial charge in [0.05, 0.1) is 0 Å². The molecule has 0 fully saturated rings. The minimum Gasteiger partial charge on any atom is -0.378 e. The lowest BCUT2D eigenvalue weighted by molar-refractivity contribution is 0.202. The first-order valence-electron chi connectivity index (χ1n) is 4.28. The number of aliphatic hydroxyl groups is 1. The number of hydrogen-bond donors (Lipinski definition) is 1. The van der Waals surface area contributed by atoms with Crippen molar-refractivity contribution in [2.45, 2.75) is 19.6 Å². The van der Waals surface area contributed by atoms with Gasteiger partial charge in [0.25, 0.3) is 0 Å². The van der Waals surface area contributed by atoms with Gasteiger partial charge in [-0.05, 0) is 6.92 Å². The lowest BCUT2D eigenvalue weighted by Gasteiger charge is -2.07. The Kier molecular flexibility index (Phi) is 2.55. The van der Waals surface area contributed by atoms with E-state index < -0.39 is 6.10 Å². The van der Waals surface area contributed by atoms with Gasteiger partial charge in [0.2, 0.25) is 0 Å². The van der Waals surface area contributed by atoms with Gasteiger partial charge < -0.3 is 5.11 Å². The quantitative estimate of drug-likeness (QED) is 0.815. The Bertz CT molecular complexity index is 397. The Balaban J connectivity index is 2.31. The molecule has 0 radical (unpaired) electrons. The molecule has 14 heavy (non-hydrogen) atoms. The molecule has 2 aromatic heterocycles. The molecule has 1 atom stereocenters. The molecule has 74 valence electrons. The highest BCUT2D eigenvalue weighted by Gasteiger charge is 2.18. The van der Waals surface area contributed by atoms with E-state index in [9.17, 15) is 5.11 Å². The monoisotopic (exact) mass is 210 g/mol. The van der Waals surface area contributed by atoms with E-state index in [-0.39, 0.29) is 0 Å². The maximum Gasteiger partial charge on any atom is 0.165 e. The van der Waals surface area contributed by atoms with Crippen LogP contribution in [0.2, 0.25) is 0 Å². The van der Waals surface area contributed by atoms with Gasteiger partial charge >= 0.3 is 0 Å². The van der Waals surface area contributed by atoms with Gasteiger partial charge in [-0.1, -0.05) is 0 Å². The van der Waals surface area contributed by atoms with E-state index in [0.29, 0.717) is 17.4 Å². The number of hydrogen-bond acceptors (Lipinski definition) is 5. The summed E-state index contributed by atoms with van der Waals surface area (Å²) in [5.74, 6) is 0.544. The van der Waals surface area contributed by atoms with Gasteiger partial charge in [0.1, 0.15) is 11.3 Å². The summed E-state index contributed by atoms with van der Waals surface area (Å²) >= 11 is 1.41. The van der Waals surface area contributed by atoms with Crippen LogP contribution in [0.25, 0.3) is 0 Å². The molecule has 0 aromatic carbocycles. The second-order valence-corrected chi connectivity index (χ2v) is 3.63. The molecule has 0 spiro atoms. The van der Waals surface area contributed by atoms with Crippen LogP contribution in [0.4, 0.5) is 0 Å². The summed E-state index contributed by atoms with van der Waals surface area (Å²) in [4.78, 5) is 8.05. The van der Waals surface area contributed by atoms with E-state index in [1.165, 1.54) is 17.7 Å². The molecule has 5 nitrogen and oxygen atoms in total. The molecule has 0 amide bonds. The van der Waals surface area contributed by atoms with E-state index in [4.69, 9.17) is 0 Å². The zero-order valence-electron chi connectivity index (χ0n) is 7.66. The van der Waals surface area contributed by atoms with Gasteiger partial charge in [0.15, 0.2) is 11.9 Å². The highest BCUT2D eigenvalue weighted by Crippen LogP contribution is 2.21. The van der Waals surface area contributed by atoms with Crippen LogP contribution >= 0.6 is 11.3 Å². The van der Waals surface area contributed by atoms with Crippen molar-refractivity contribution in [2.24, 2.45) is 0 Å². The van der Waals surface area contributed by atoms with Crippen LogP contribution in [0, 0.1) is 0 Å². The smallest absolute Gasteiger partial charge is 0.165 e. The van der Waals surface area contributed by atoms with Gasteiger partial charge in [-0.15, -0.1) is 11.3 Å². The van der Waals surface area contributed by atoms with Crippen LogP contribution in [0.3, 0.4) is 0 Å². The van der Waals surface area contributed by atoms with Crippen LogP contribution in [0.15, 0.2) is 17.9 Å². The Hall–Kier alpha value is -1.27. The summed E-state index contributed by atoms with van der Waals surface area (Å²) in [6.45, 7) is 2.64. The van der Waals surface area contributed by atoms with Gasteiger partial charge in [-0.2, -0.15) is 5.10 Å². The zero-order chi connectivity index (χ0) is 9.97. The lowest BCUT2D eigenvalue weighted by Crippen LogP contribution is -2.10. The Labute approximate surface area is 85.1 Å². The van der Waals surface area contributed by atoms with Crippen LogP contribution < -0.4 is 0 Å². The van der Waals surface area contributed by atoms with Crippen molar-refractivity contribution in [3.63, 3.8) is 0 Å². The number of aliphatic hydroxyl groups excluding tert-OH is 1. The van der Waals surface area contributed by atoms with Crippen molar-refractivity contribution >= 4 is 11.3 Å². The molecule has 0 saturated heterocycles. The van der Waals surface area contributed by atoms with Gasteiger partial charge in [0, 0.05) is 18.1 Å². The fourth-order valence-electron chi connectivity index (χ4n) is 1.21. The molecule has 6 heteroatoms. The normalized spacial score (nSPS) is 13.0. The van der Waals surface area contributed by atoms with Crippen molar-refractivity contribution in [2.75, 3.05) is 0 Å². The summed E-state index contributed by atoms with van der Waals surface area (Å²) in [6.07, 6.45) is 2.34. The van der Waals surface area contributed by atoms with Crippen molar-refractivity contribution in [3.05, 3.63) is 28.7 Å². The molecule has 0 aliphatic rings. The highest BCUT2D eigenvalue weighted by molar-refractivity contribution is 7.09. The number of rotatable bonds is 3. The average Bonchev–Trinajstić information content (AvgIpc) is 2.87. The first-order valence-corrected chi connectivity index (χ1v) is 5.16. The van der Waals surface area contributed by atoms with Crippen molar-refractivity contribution < 1.29 is 5.11 Å². The Morgan fingerprint density at radius 3 is 3.07 bits per heavy atom. The van der Waals surface area contributed by atoms with E-state index in [1.807, 2.05) is 12.3 Å². The minimum absolute atomic E-state index is 0.544. The zero-order valence-corrected chi connectivity index (χ0v) is 8.48. The molecule has 2 aromatic rings. The summed E-state index contributed by atoms with van der Waals surface area (Å²) < 4.78 is 1.66. The van der Waals surface area contributed by atoms with Crippen LogP contribution in [0.5, 0.6) is 0 Å². The first kappa shape index (κ1) is 9.29. The molecular formula is C8H10N4OS. The van der Waals surface area contributed by atoms with Crippen LogP contribution in [-0.2, 0) is 6.54 Å². The second-order valence-electron chi connectivity index (χ2n) is 2.71. The molecule has 0 saturated carbocycles. The molecule has 2 heterocycles. The average molecular weight is 210 g/mol. The SMILES string of the molecule is CCn1ncnc1C(O)c1nccs1. The van der Waals surface area contributed by atoms with Crippen molar-refractivity contribution in [3.8, 4) is 0 Å². The first-order chi connectivity index (χ1) is 6.83. The largest absolute Gasteiger partial charge is 0.378 e. The molecule has 1 N–H and O–H groups in total. The Morgan fingerprint density at radius 2 is 2.43 bits per heavy atom. The van der Waals surface area contributed by atoms with E-state index in [1.54, 1.807) is 10.9 Å². The molecular weight excluding hydrogens is 200 g/mol. The summed E-state index contributed by atoms with van der Waals surface area (Å²) in [7, 11) is 0. The summed E-state index contributed by atoms with van der Waals surface area (Å²) in [6, 6.07) is 0. The second kappa shape index (κ2) is 3.85. The third-order valence-electron chi connectivity index (χ3n) is 1.87.